The Kier molecular flexibility index (Phi) is 3.13. The lowest BCUT2D eigenvalue weighted by molar-refractivity contribution is 0.512. The summed E-state index contributed by atoms with van der Waals surface area (Å²) in [5.74, 6) is -1.11. The van der Waals surface area contributed by atoms with Crippen LogP contribution in [-0.4, -0.2) is 14.2 Å². The number of benzene rings is 1. The smallest absolute Gasteiger partial charge is 0.207 e. The molecule has 0 aliphatic rings. The van der Waals surface area contributed by atoms with Crippen LogP contribution in [-0.2, 0) is 15.6 Å². The molecule has 0 saturated heterocycles. The van der Waals surface area contributed by atoms with E-state index in [1.54, 1.807) is 19.9 Å². The third-order valence-electron chi connectivity index (χ3n) is 2.14. The van der Waals surface area contributed by atoms with Gasteiger partial charge >= 0.3 is 10.2 Å². The summed E-state index contributed by atoms with van der Waals surface area (Å²) in [6, 6.07) is 5.51. The molecular weight excluding hydrogens is 222 g/mol. The van der Waals surface area contributed by atoms with Gasteiger partial charge in [-0.2, -0.15) is 8.42 Å². The highest BCUT2D eigenvalue weighted by atomic mass is 32.3. The van der Waals surface area contributed by atoms with Gasteiger partial charge < -0.3 is 0 Å². The normalized spacial score (nSPS) is 12.8. The van der Waals surface area contributed by atoms with Crippen molar-refractivity contribution in [3.05, 3.63) is 35.6 Å². The van der Waals surface area contributed by atoms with Crippen LogP contribution in [0.15, 0.2) is 24.3 Å². The molecule has 84 valence electrons. The molecule has 0 aliphatic carbocycles. The van der Waals surface area contributed by atoms with Crippen molar-refractivity contribution in [3.8, 4) is 0 Å². The van der Waals surface area contributed by atoms with E-state index in [1.807, 2.05) is 0 Å². The lowest BCUT2D eigenvalue weighted by atomic mass is 9.87. The molecule has 0 bridgehead atoms. The van der Waals surface area contributed by atoms with Crippen LogP contribution in [0.1, 0.15) is 19.4 Å². The standard InChI is InChI=1S/C10H12F2O2S/c1-10(2,7-15(12,13)14)8-4-3-5-9(11)6-8/h3-6H,7H2,1-2H3. The van der Waals surface area contributed by atoms with Crippen molar-refractivity contribution >= 4 is 10.2 Å². The van der Waals surface area contributed by atoms with E-state index in [0.717, 1.165) is 0 Å². The second-order valence-electron chi connectivity index (χ2n) is 4.08. The maximum absolute atomic E-state index is 12.9. The quantitative estimate of drug-likeness (QED) is 0.752. The molecule has 0 aromatic heterocycles. The summed E-state index contributed by atoms with van der Waals surface area (Å²) >= 11 is 0. The highest BCUT2D eigenvalue weighted by Gasteiger charge is 2.28. The number of rotatable bonds is 3. The first-order chi connectivity index (χ1) is 6.71. The molecule has 1 aromatic rings. The minimum Gasteiger partial charge on any atom is -0.207 e. The van der Waals surface area contributed by atoms with E-state index >= 15 is 0 Å². The van der Waals surface area contributed by atoms with Crippen LogP contribution >= 0.6 is 0 Å². The van der Waals surface area contributed by atoms with Gasteiger partial charge in [0.2, 0.25) is 0 Å². The molecule has 0 unspecified atom stereocenters. The fourth-order valence-corrected chi connectivity index (χ4v) is 2.45. The van der Waals surface area contributed by atoms with Gasteiger partial charge in [-0.1, -0.05) is 26.0 Å². The van der Waals surface area contributed by atoms with E-state index < -0.39 is 27.2 Å². The first-order valence-electron chi connectivity index (χ1n) is 4.39. The topological polar surface area (TPSA) is 34.1 Å². The molecule has 0 heterocycles. The summed E-state index contributed by atoms with van der Waals surface area (Å²) < 4.78 is 46.5. The average Bonchev–Trinajstić information content (AvgIpc) is 1.99. The monoisotopic (exact) mass is 234 g/mol. The largest absolute Gasteiger partial charge is 0.303 e. The Balaban J connectivity index is 3.06. The van der Waals surface area contributed by atoms with Crippen molar-refractivity contribution in [1.82, 2.24) is 0 Å². The molecule has 0 amide bonds. The molecule has 1 aromatic carbocycles. The summed E-state index contributed by atoms with van der Waals surface area (Å²) in [7, 11) is -4.57. The Morgan fingerprint density at radius 3 is 2.40 bits per heavy atom. The van der Waals surface area contributed by atoms with Gasteiger partial charge in [-0.15, -0.1) is 3.89 Å². The molecule has 15 heavy (non-hydrogen) atoms. The van der Waals surface area contributed by atoms with Crippen LogP contribution in [0.3, 0.4) is 0 Å². The molecule has 0 radical (unpaired) electrons. The first-order valence-corrected chi connectivity index (χ1v) is 5.94. The maximum atomic E-state index is 12.9. The second-order valence-corrected chi connectivity index (χ2v) is 5.44. The third kappa shape index (κ3) is 3.58. The second kappa shape index (κ2) is 3.89. The molecule has 2 nitrogen and oxygen atoms in total. The number of hydrogen-bond donors (Lipinski definition) is 0. The molecule has 0 saturated carbocycles. The van der Waals surface area contributed by atoms with Crippen molar-refractivity contribution in [1.29, 1.82) is 0 Å². The lowest BCUT2D eigenvalue weighted by Crippen LogP contribution is -2.26. The Bertz CT molecular complexity index is 452. The number of hydrogen-bond acceptors (Lipinski definition) is 2. The van der Waals surface area contributed by atoms with Gasteiger partial charge in [0.25, 0.3) is 0 Å². The Morgan fingerprint density at radius 1 is 1.33 bits per heavy atom. The summed E-state index contributed by atoms with van der Waals surface area (Å²) in [6.07, 6.45) is 0. The van der Waals surface area contributed by atoms with E-state index in [-0.39, 0.29) is 0 Å². The summed E-state index contributed by atoms with van der Waals surface area (Å²) in [4.78, 5) is 0. The lowest BCUT2D eigenvalue weighted by Gasteiger charge is -2.22. The van der Waals surface area contributed by atoms with E-state index in [4.69, 9.17) is 0 Å². The van der Waals surface area contributed by atoms with E-state index in [9.17, 15) is 16.7 Å². The summed E-state index contributed by atoms with van der Waals surface area (Å²) in [6.45, 7) is 3.11. The van der Waals surface area contributed by atoms with Crippen LogP contribution in [0.5, 0.6) is 0 Å². The van der Waals surface area contributed by atoms with Crippen LogP contribution in [0.2, 0.25) is 0 Å². The van der Waals surface area contributed by atoms with Crippen molar-refractivity contribution in [2.75, 3.05) is 5.75 Å². The van der Waals surface area contributed by atoms with Crippen molar-refractivity contribution < 1.29 is 16.7 Å². The number of halogens is 2. The minimum atomic E-state index is -4.57. The molecule has 1 rings (SSSR count). The van der Waals surface area contributed by atoms with Crippen LogP contribution in [0.25, 0.3) is 0 Å². The molecular formula is C10H12F2O2S. The Labute approximate surface area is 88.1 Å². The Morgan fingerprint density at radius 2 is 1.93 bits per heavy atom. The fraction of sp³-hybridized carbons (Fsp3) is 0.400. The SMILES string of the molecule is CC(C)(CS(=O)(=O)F)c1cccc(F)c1. The fourth-order valence-electron chi connectivity index (χ4n) is 1.42. The molecule has 5 heteroatoms. The van der Waals surface area contributed by atoms with Gasteiger partial charge in [-0.05, 0) is 17.7 Å². The third-order valence-corrected chi connectivity index (χ3v) is 3.21. The van der Waals surface area contributed by atoms with Gasteiger partial charge in [0, 0.05) is 5.41 Å². The summed E-state index contributed by atoms with van der Waals surface area (Å²) in [5, 5.41) is 0. The van der Waals surface area contributed by atoms with Crippen LogP contribution in [0, 0.1) is 5.82 Å². The zero-order chi connectivity index (χ0) is 11.7. The molecule has 0 aliphatic heterocycles. The van der Waals surface area contributed by atoms with Gasteiger partial charge in [0.1, 0.15) is 5.82 Å². The van der Waals surface area contributed by atoms with E-state index in [2.05, 4.69) is 0 Å². The average molecular weight is 234 g/mol. The van der Waals surface area contributed by atoms with Crippen molar-refractivity contribution in [2.45, 2.75) is 19.3 Å². The highest BCUT2D eigenvalue weighted by molar-refractivity contribution is 7.86. The van der Waals surface area contributed by atoms with E-state index in [0.29, 0.717) is 5.56 Å². The minimum absolute atomic E-state index is 0.461. The van der Waals surface area contributed by atoms with Crippen LogP contribution < -0.4 is 0 Å². The van der Waals surface area contributed by atoms with Gasteiger partial charge in [-0.25, -0.2) is 4.39 Å². The van der Waals surface area contributed by atoms with Gasteiger partial charge in [0.05, 0.1) is 5.75 Å². The van der Waals surface area contributed by atoms with Crippen LogP contribution in [0.4, 0.5) is 8.28 Å². The predicted octanol–water partition coefficient (Wildman–Crippen LogP) is 2.40. The molecule has 0 N–H and O–H groups in total. The molecule has 0 spiro atoms. The molecule has 0 atom stereocenters. The predicted molar refractivity (Wildman–Crippen MR) is 54.3 cm³/mol. The van der Waals surface area contributed by atoms with Gasteiger partial charge in [0.15, 0.2) is 0 Å². The molecule has 0 fully saturated rings. The van der Waals surface area contributed by atoms with Crippen molar-refractivity contribution in [2.24, 2.45) is 0 Å². The Hall–Kier alpha value is -0.970. The maximum Gasteiger partial charge on any atom is 0.303 e. The van der Waals surface area contributed by atoms with Gasteiger partial charge in [-0.3, -0.25) is 0 Å². The zero-order valence-electron chi connectivity index (χ0n) is 8.50. The highest BCUT2D eigenvalue weighted by Crippen LogP contribution is 2.25. The zero-order valence-corrected chi connectivity index (χ0v) is 9.31. The van der Waals surface area contributed by atoms with E-state index in [1.165, 1.54) is 18.2 Å². The van der Waals surface area contributed by atoms with Crippen molar-refractivity contribution in [3.63, 3.8) is 0 Å². The first kappa shape index (κ1) is 12.1. The summed E-state index contributed by atoms with van der Waals surface area (Å²) in [5.41, 5.74) is -0.473.